The molecule has 0 spiro atoms. The quantitative estimate of drug-likeness (QED) is 0.383. The molecule has 0 aromatic heterocycles. The fourth-order valence-electron chi connectivity index (χ4n) is 2.99. The van der Waals surface area contributed by atoms with E-state index in [0.717, 1.165) is 0 Å². The summed E-state index contributed by atoms with van der Waals surface area (Å²) in [6.45, 7) is 5.36. The molecular formula is C16H25NO7. The van der Waals surface area contributed by atoms with Gasteiger partial charge in [-0.1, -0.05) is 0 Å². The van der Waals surface area contributed by atoms with Gasteiger partial charge < -0.3 is 19.1 Å². The highest BCUT2D eigenvalue weighted by Crippen LogP contribution is 2.38. The molecule has 1 unspecified atom stereocenters. The van der Waals surface area contributed by atoms with E-state index in [1.807, 2.05) is 0 Å². The molecule has 2 atom stereocenters. The van der Waals surface area contributed by atoms with Crippen LogP contribution in [0.3, 0.4) is 0 Å². The molecule has 1 aliphatic heterocycles. The van der Waals surface area contributed by atoms with Gasteiger partial charge in [0.25, 0.3) is 0 Å². The average Bonchev–Trinajstić information content (AvgIpc) is 2.84. The molecule has 0 aliphatic carbocycles. The molecule has 0 N–H and O–H groups in total. The zero-order chi connectivity index (χ0) is 18.3. The highest BCUT2D eigenvalue weighted by atomic mass is 16.5. The lowest BCUT2D eigenvalue weighted by atomic mass is 9.94. The van der Waals surface area contributed by atoms with Crippen molar-refractivity contribution in [2.24, 2.45) is 0 Å². The Kier molecular flexibility index (Phi) is 7.18. The predicted octanol–water partition coefficient (Wildman–Crippen LogP) is 0.816. The number of ether oxygens (including phenoxy) is 3. The van der Waals surface area contributed by atoms with E-state index in [1.165, 1.54) is 12.0 Å². The summed E-state index contributed by atoms with van der Waals surface area (Å²) in [4.78, 5) is 49.4. The minimum Gasteiger partial charge on any atom is -0.469 e. The zero-order valence-electron chi connectivity index (χ0n) is 14.6. The van der Waals surface area contributed by atoms with Crippen molar-refractivity contribution in [3.05, 3.63) is 0 Å². The van der Waals surface area contributed by atoms with E-state index in [-0.39, 0.29) is 19.6 Å². The van der Waals surface area contributed by atoms with E-state index >= 15 is 0 Å². The van der Waals surface area contributed by atoms with E-state index in [0.29, 0.717) is 12.8 Å². The van der Waals surface area contributed by atoms with E-state index in [2.05, 4.69) is 4.74 Å². The standard InChI is InChI=1S/C16H25NO7/c1-5-23-13(19)9-12(18)17-11(15(21)24-6-2)7-8-16(17,3)10-14(20)22-4/h11H,5-10H2,1-4H3/t11-,16?/m0/s1. The average molecular weight is 343 g/mol. The van der Waals surface area contributed by atoms with Gasteiger partial charge in [-0.3, -0.25) is 14.4 Å². The van der Waals surface area contributed by atoms with Crippen LogP contribution in [0.2, 0.25) is 0 Å². The number of likely N-dealkylation sites (tertiary alicyclic amines) is 1. The summed E-state index contributed by atoms with van der Waals surface area (Å²) in [5.74, 6) is -2.26. The zero-order valence-corrected chi connectivity index (χ0v) is 14.6. The fourth-order valence-corrected chi connectivity index (χ4v) is 2.99. The first-order chi connectivity index (χ1) is 11.3. The lowest BCUT2D eigenvalue weighted by Gasteiger charge is -2.37. The Bertz CT molecular complexity index is 505. The number of hydrogen-bond acceptors (Lipinski definition) is 7. The maximum absolute atomic E-state index is 12.6. The molecule has 24 heavy (non-hydrogen) atoms. The molecule has 0 bridgehead atoms. The number of esters is 3. The Morgan fingerprint density at radius 3 is 2.25 bits per heavy atom. The first-order valence-electron chi connectivity index (χ1n) is 8.00. The van der Waals surface area contributed by atoms with Crippen LogP contribution in [0.25, 0.3) is 0 Å². The molecule has 1 aliphatic rings. The number of hydrogen-bond donors (Lipinski definition) is 0. The highest BCUT2D eigenvalue weighted by molar-refractivity contribution is 5.97. The van der Waals surface area contributed by atoms with Gasteiger partial charge in [-0.05, 0) is 33.6 Å². The Hall–Kier alpha value is -2.12. The molecule has 0 saturated carbocycles. The third-order valence-corrected chi connectivity index (χ3v) is 4.03. The molecule has 136 valence electrons. The van der Waals surface area contributed by atoms with Crippen LogP contribution < -0.4 is 0 Å². The van der Waals surface area contributed by atoms with Gasteiger partial charge in [0.2, 0.25) is 5.91 Å². The number of rotatable bonds is 7. The SMILES string of the molecule is CCOC(=O)CC(=O)N1[C@H](C(=O)OCC)CCC1(C)CC(=O)OC. The maximum atomic E-state index is 12.6. The van der Waals surface area contributed by atoms with Crippen LogP contribution >= 0.6 is 0 Å². The van der Waals surface area contributed by atoms with Gasteiger partial charge in [-0.15, -0.1) is 0 Å². The molecular weight excluding hydrogens is 318 g/mol. The topological polar surface area (TPSA) is 99.2 Å². The minimum atomic E-state index is -0.909. The van der Waals surface area contributed by atoms with Gasteiger partial charge in [0, 0.05) is 0 Å². The Labute approximate surface area is 141 Å². The fraction of sp³-hybridized carbons (Fsp3) is 0.750. The molecule has 1 fully saturated rings. The Morgan fingerprint density at radius 1 is 1.08 bits per heavy atom. The summed E-state index contributed by atoms with van der Waals surface area (Å²) < 4.78 is 14.5. The molecule has 0 aromatic carbocycles. The lowest BCUT2D eigenvalue weighted by molar-refractivity contribution is -0.161. The normalized spacial score (nSPS) is 22.8. The largest absolute Gasteiger partial charge is 0.469 e. The van der Waals surface area contributed by atoms with Gasteiger partial charge >= 0.3 is 17.9 Å². The molecule has 1 amide bonds. The van der Waals surface area contributed by atoms with Gasteiger partial charge in [-0.2, -0.15) is 0 Å². The summed E-state index contributed by atoms with van der Waals surface area (Å²) in [7, 11) is 1.26. The van der Waals surface area contributed by atoms with Crippen LogP contribution in [0.5, 0.6) is 0 Å². The molecule has 8 nitrogen and oxygen atoms in total. The Morgan fingerprint density at radius 2 is 1.71 bits per heavy atom. The van der Waals surface area contributed by atoms with Gasteiger partial charge in [0.1, 0.15) is 12.5 Å². The van der Waals surface area contributed by atoms with Crippen LogP contribution in [0.4, 0.5) is 0 Å². The number of amides is 1. The lowest BCUT2D eigenvalue weighted by Crippen LogP contribution is -2.53. The second kappa shape index (κ2) is 8.65. The van der Waals surface area contributed by atoms with Crippen molar-refractivity contribution in [2.75, 3.05) is 20.3 Å². The Balaban J connectivity index is 3.03. The van der Waals surface area contributed by atoms with E-state index in [4.69, 9.17) is 9.47 Å². The van der Waals surface area contributed by atoms with Crippen molar-refractivity contribution in [1.82, 2.24) is 4.90 Å². The molecule has 8 heteroatoms. The van der Waals surface area contributed by atoms with Crippen molar-refractivity contribution < 1.29 is 33.4 Å². The predicted molar refractivity (Wildman–Crippen MR) is 82.8 cm³/mol. The first-order valence-corrected chi connectivity index (χ1v) is 8.00. The molecule has 1 rings (SSSR count). The third kappa shape index (κ3) is 4.69. The number of nitrogens with zero attached hydrogens (tertiary/aromatic N) is 1. The monoisotopic (exact) mass is 343 g/mol. The smallest absolute Gasteiger partial charge is 0.328 e. The van der Waals surface area contributed by atoms with Crippen molar-refractivity contribution in [3.8, 4) is 0 Å². The molecule has 1 saturated heterocycles. The maximum Gasteiger partial charge on any atom is 0.328 e. The van der Waals surface area contributed by atoms with Crippen molar-refractivity contribution in [3.63, 3.8) is 0 Å². The molecule has 1 heterocycles. The summed E-state index contributed by atoms with van der Waals surface area (Å²) in [6.07, 6.45) is 0.246. The van der Waals surface area contributed by atoms with E-state index in [9.17, 15) is 19.2 Å². The van der Waals surface area contributed by atoms with Gasteiger partial charge in [0.15, 0.2) is 0 Å². The van der Waals surface area contributed by atoms with Crippen LogP contribution in [-0.2, 0) is 33.4 Å². The van der Waals surface area contributed by atoms with Crippen LogP contribution in [-0.4, -0.2) is 60.6 Å². The summed E-state index contributed by atoms with van der Waals surface area (Å²) in [5.41, 5.74) is -0.909. The minimum absolute atomic E-state index is 0.0615. The van der Waals surface area contributed by atoms with Crippen LogP contribution in [0.1, 0.15) is 46.5 Å². The van der Waals surface area contributed by atoms with E-state index in [1.54, 1.807) is 20.8 Å². The second-order valence-corrected chi connectivity index (χ2v) is 5.80. The highest BCUT2D eigenvalue weighted by Gasteiger charge is 2.50. The number of carbonyl (C=O) groups is 4. The van der Waals surface area contributed by atoms with Crippen molar-refractivity contribution in [2.45, 2.75) is 58.0 Å². The van der Waals surface area contributed by atoms with Crippen LogP contribution in [0.15, 0.2) is 0 Å². The molecule has 0 radical (unpaired) electrons. The van der Waals surface area contributed by atoms with Gasteiger partial charge in [-0.25, -0.2) is 4.79 Å². The van der Waals surface area contributed by atoms with Crippen molar-refractivity contribution in [1.29, 1.82) is 0 Å². The van der Waals surface area contributed by atoms with Crippen LogP contribution in [0, 0.1) is 0 Å². The first kappa shape index (κ1) is 19.9. The number of methoxy groups -OCH3 is 1. The summed E-state index contributed by atoms with van der Waals surface area (Å²) >= 11 is 0. The summed E-state index contributed by atoms with van der Waals surface area (Å²) in [6, 6.07) is -0.818. The second-order valence-electron chi connectivity index (χ2n) is 5.80. The summed E-state index contributed by atoms with van der Waals surface area (Å²) in [5, 5.41) is 0. The van der Waals surface area contributed by atoms with Gasteiger partial charge in [0.05, 0.1) is 32.3 Å². The molecule has 0 aromatic rings. The van der Waals surface area contributed by atoms with E-state index < -0.39 is 41.8 Å². The van der Waals surface area contributed by atoms with Crippen molar-refractivity contribution >= 4 is 23.8 Å². The third-order valence-electron chi connectivity index (χ3n) is 4.03. The number of carbonyl (C=O) groups excluding carboxylic acids is 4.